The van der Waals surface area contributed by atoms with Crippen molar-refractivity contribution in [3.63, 3.8) is 0 Å². The normalized spacial score (nSPS) is 23.5. The first-order valence-electron chi connectivity index (χ1n) is 8.45. The van der Waals surface area contributed by atoms with Gasteiger partial charge in [0.2, 0.25) is 5.91 Å². The van der Waals surface area contributed by atoms with Crippen LogP contribution < -0.4 is 15.4 Å². The molecule has 2 fully saturated rings. The number of nitrogens with one attached hydrogen (secondary N) is 2. The molecule has 1 aromatic rings. The molecule has 1 atom stereocenters. The molecule has 5 nitrogen and oxygen atoms in total. The van der Waals surface area contributed by atoms with Crippen molar-refractivity contribution in [2.24, 2.45) is 5.41 Å². The van der Waals surface area contributed by atoms with Crippen molar-refractivity contribution in [1.82, 2.24) is 10.6 Å². The van der Waals surface area contributed by atoms with Crippen LogP contribution in [0.4, 0.5) is 0 Å². The van der Waals surface area contributed by atoms with E-state index in [1.54, 1.807) is 0 Å². The number of carbonyl (C=O) groups is 1. The van der Waals surface area contributed by atoms with E-state index in [4.69, 9.17) is 9.47 Å². The van der Waals surface area contributed by atoms with E-state index in [-0.39, 0.29) is 17.4 Å². The van der Waals surface area contributed by atoms with Crippen LogP contribution in [0.15, 0.2) is 24.3 Å². The van der Waals surface area contributed by atoms with Crippen molar-refractivity contribution in [3.8, 4) is 5.75 Å². The smallest absolute Gasteiger partial charge is 0.237 e. The third-order valence-corrected chi connectivity index (χ3v) is 4.47. The summed E-state index contributed by atoms with van der Waals surface area (Å²) < 4.78 is 11.1. The second-order valence-electron chi connectivity index (χ2n) is 6.96. The van der Waals surface area contributed by atoms with E-state index in [0.717, 1.165) is 50.3 Å². The molecular weight excluding hydrogens is 292 g/mol. The second kappa shape index (κ2) is 7.32. The van der Waals surface area contributed by atoms with Gasteiger partial charge >= 0.3 is 0 Å². The predicted octanol–water partition coefficient (Wildman–Crippen LogP) is 1.86. The van der Waals surface area contributed by atoms with E-state index in [2.05, 4.69) is 23.6 Å². The Morgan fingerprint density at radius 2 is 2.26 bits per heavy atom. The van der Waals surface area contributed by atoms with Gasteiger partial charge in [0.1, 0.15) is 5.75 Å². The largest absolute Gasteiger partial charge is 0.493 e. The van der Waals surface area contributed by atoms with E-state index in [1.807, 2.05) is 18.2 Å². The third-order valence-electron chi connectivity index (χ3n) is 4.47. The Balaban J connectivity index is 1.51. The molecule has 23 heavy (non-hydrogen) atoms. The fourth-order valence-corrected chi connectivity index (χ4v) is 2.91. The summed E-state index contributed by atoms with van der Waals surface area (Å²) in [6.45, 7) is 5.86. The van der Waals surface area contributed by atoms with Crippen LogP contribution in [0.25, 0.3) is 0 Å². The number of hydrogen-bond acceptors (Lipinski definition) is 4. The first-order valence-corrected chi connectivity index (χ1v) is 8.45. The van der Waals surface area contributed by atoms with Crippen LogP contribution in [0, 0.1) is 5.41 Å². The van der Waals surface area contributed by atoms with Gasteiger partial charge in [-0.3, -0.25) is 4.79 Å². The fraction of sp³-hybridized carbons (Fsp3) is 0.611. The summed E-state index contributed by atoms with van der Waals surface area (Å²) in [5, 5.41) is 6.32. The maximum Gasteiger partial charge on any atom is 0.237 e. The summed E-state index contributed by atoms with van der Waals surface area (Å²) in [5.74, 6) is 0.996. The van der Waals surface area contributed by atoms with Crippen molar-refractivity contribution >= 4 is 5.91 Å². The molecule has 2 aliphatic rings. The Bertz CT molecular complexity index is 543. The van der Waals surface area contributed by atoms with Crippen LogP contribution in [0.1, 0.15) is 31.7 Å². The summed E-state index contributed by atoms with van der Waals surface area (Å²) in [4.78, 5) is 11.9. The summed E-state index contributed by atoms with van der Waals surface area (Å²) in [6, 6.07) is 7.99. The lowest BCUT2D eigenvalue weighted by Crippen LogP contribution is -2.44. The molecular formula is C18H26N2O3. The highest BCUT2D eigenvalue weighted by Gasteiger charge is 2.34. The molecule has 2 N–H and O–H groups in total. The zero-order chi connectivity index (χ0) is 16.1. The van der Waals surface area contributed by atoms with Gasteiger partial charge in [-0.05, 0) is 37.0 Å². The van der Waals surface area contributed by atoms with Gasteiger partial charge in [0.05, 0.1) is 25.9 Å². The van der Waals surface area contributed by atoms with E-state index < -0.39 is 0 Å². The van der Waals surface area contributed by atoms with Crippen molar-refractivity contribution in [3.05, 3.63) is 29.8 Å². The van der Waals surface area contributed by atoms with Crippen molar-refractivity contribution in [2.75, 3.05) is 26.4 Å². The molecule has 2 saturated heterocycles. The zero-order valence-electron chi connectivity index (χ0n) is 13.8. The van der Waals surface area contributed by atoms with Crippen LogP contribution in [0.3, 0.4) is 0 Å². The van der Waals surface area contributed by atoms with Gasteiger partial charge < -0.3 is 20.1 Å². The third kappa shape index (κ3) is 4.45. The van der Waals surface area contributed by atoms with Crippen LogP contribution >= 0.6 is 0 Å². The lowest BCUT2D eigenvalue weighted by atomic mass is 9.90. The molecule has 0 saturated carbocycles. The van der Waals surface area contributed by atoms with Crippen molar-refractivity contribution < 1.29 is 14.3 Å². The number of rotatable bonds is 6. The molecule has 0 aromatic heterocycles. The van der Waals surface area contributed by atoms with Crippen LogP contribution in [0.2, 0.25) is 0 Å². The molecule has 5 heteroatoms. The molecule has 0 spiro atoms. The van der Waals surface area contributed by atoms with E-state index >= 15 is 0 Å². The van der Waals surface area contributed by atoms with E-state index in [1.165, 1.54) is 0 Å². The Labute approximate surface area is 137 Å². The van der Waals surface area contributed by atoms with Crippen LogP contribution in [0.5, 0.6) is 5.75 Å². The summed E-state index contributed by atoms with van der Waals surface area (Å²) >= 11 is 0. The average Bonchev–Trinajstić information content (AvgIpc) is 2.74. The SMILES string of the molecule is CC1(COc2cccc(CN[C@H]3CCCCNC3=O)c2)COC1. The number of amides is 1. The van der Waals surface area contributed by atoms with Crippen LogP contribution in [-0.2, 0) is 16.1 Å². The number of carbonyl (C=O) groups excluding carboxylic acids is 1. The maximum atomic E-state index is 11.9. The molecule has 2 aliphatic heterocycles. The number of benzene rings is 1. The first-order chi connectivity index (χ1) is 11.1. The Morgan fingerprint density at radius 3 is 3.04 bits per heavy atom. The predicted molar refractivity (Wildman–Crippen MR) is 88.4 cm³/mol. The minimum atomic E-state index is -0.0897. The number of ether oxygens (including phenoxy) is 2. The van der Waals surface area contributed by atoms with E-state index in [9.17, 15) is 4.79 Å². The highest BCUT2D eigenvalue weighted by atomic mass is 16.5. The molecule has 3 rings (SSSR count). The van der Waals surface area contributed by atoms with Crippen LogP contribution in [-0.4, -0.2) is 38.3 Å². The summed E-state index contributed by atoms with van der Waals surface area (Å²) in [7, 11) is 0. The Hall–Kier alpha value is -1.59. The van der Waals surface area contributed by atoms with Gasteiger partial charge in [-0.25, -0.2) is 0 Å². The fourth-order valence-electron chi connectivity index (χ4n) is 2.91. The van der Waals surface area contributed by atoms with Gasteiger partial charge in [0.15, 0.2) is 0 Å². The van der Waals surface area contributed by atoms with Crippen molar-refractivity contribution in [1.29, 1.82) is 0 Å². The first kappa shape index (κ1) is 16.3. The molecule has 0 unspecified atom stereocenters. The molecule has 0 radical (unpaired) electrons. The summed E-state index contributed by atoms with van der Waals surface area (Å²) in [6.07, 6.45) is 3.05. The lowest BCUT2D eigenvalue weighted by molar-refractivity contribution is -0.122. The second-order valence-corrected chi connectivity index (χ2v) is 6.96. The molecule has 2 heterocycles. The average molecular weight is 318 g/mol. The highest BCUT2D eigenvalue weighted by Crippen LogP contribution is 2.27. The molecule has 0 aliphatic carbocycles. The molecule has 126 valence electrons. The molecule has 0 bridgehead atoms. The minimum Gasteiger partial charge on any atom is -0.493 e. The molecule has 1 amide bonds. The summed E-state index contributed by atoms with van der Waals surface area (Å²) in [5.41, 5.74) is 1.28. The standard InChI is InChI=1S/C18H26N2O3/c1-18(11-22-12-18)13-23-15-6-4-5-14(9-15)10-20-16-7-2-3-8-19-17(16)21/h4-6,9,16,20H,2-3,7-8,10-13H2,1H3,(H,19,21)/t16-/m0/s1. The highest BCUT2D eigenvalue weighted by molar-refractivity contribution is 5.81. The zero-order valence-corrected chi connectivity index (χ0v) is 13.8. The monoisotopic (exact) mass is 318 g/mol. The number of hydrogen-bond donors (Lipinski definition) is 2. The van der Waals surface area contributed by atoms with Gasteiger partial charge in [-0.2, -0.15) is 0 Å². The Morgan fingerprint density at radius 1 is 1.39 bits per heavy atom. The lowest BCUT2D eigenvalue weighted by Gasteiger charge is -2.37. The minimum absolute atomic E-state index is 0.0897. The molecule has 1 aromatic carbocycles. The van der Waals surface area contributed by atoms with Crippen molar-refractivity contribution in [2.45, 2.75) is 38.8 Å². The van der Waals surface area contributed by atoms with Gasteiger partial charge in [0.25, 0.3) is 0 Å². The van der Waals surface area contributed by atoms with E-state index in [0.29, 0.717) is 13.2 Å². The van der Waals surface area contributed by atoms with Gasteiger partial charge in [-0.15, -0.1) is 0 Å². The van der Waals surface area contributed by atoms with Gasteiger partial charge in [0, 0.05) is 18.5 Å². The maximum absolute atomic E-state index is 11.9. The quantitative estimate of drug-likeness (QED) is 0.840. The Kier molecular flexibility index (Phi) is 5.18. The topological polar surface area (TPSA) is 59.6 Å². The van der Waals surface area contributed by atoms with Gasteiger partial charge in [-0.1, -0.05) is 19.1 Å².